The number of fused-ring (bicyclic) bond motifs is 3. The zero-order valence-corrected chi connectivity index (χ0v) is 17.8. The molecule has 0 bridgehead atoms. The molecule has 9 nitrogen and oxygen atoms in total. The summed E-state index contributed by atoms with van der Waals surface area (Å²) in [7, 11) is 2.76. The summed E-state index contributed by atoms with van der Waals surface area (Å²) in [6.07, 6.45) is 0. The quantitative estimate of drug-likeness (QED) is 0.550. The first kappa shape index (κ1) is 19.4. The number of benzene rings is 1. The molecule has 0 aliphatic carbocycles. The van der Waals surface area contributed by atoms with E-state index in [4.69, 9.17) is 0 Å². The van der Waals surface area contributed by atoms with Crippen molar-refractivity contribution >= 4 is 44.7 Å². The van der Waals surface area contributed by atoms with E-state index >= 15 is 0 Å². The second kappa shape index (κ2) is 7.18. The van der Waals surface area contributed by atoms with Gasteiger partial charge in [0.05, 0.1) is 7.11 Å². The molecule has 1 aromatic carbocycles. The molecule has 1 aliphatic heterocycles. The van der Waals surface area contributed by atoms with Crippen LogP contribution in [0, 0.1) is 5.92 Å². The largest absolute Gasteiger partial charge is 0.468 e. The van der Waals surface area contributed by atoms with Gasteiger partial charge in [-0.2, -0.15) is 4.98 Å². The van der Waals surface area contributed by atoms with Crippen LogP contribution in [0.4, 0.5) is 11.6 Å². The second-order valence-electron chi connectivity index (χ2n) is 7.20. The number of aromatic nitrogens is 4. The lowest BCUT2D eigenvalue weighted by Gasteiger charge is -2.33. The Balaban J connectivity index is 1.97. The van der Waals surface area contributed by atoms with Crippen LogP contribution in [0.15, 0.2) is 38.3 Å². The Labute approximate surface area is 174 Å². The number of hydrogen-bond acceptors (Lipinski definition) is 6. The normalized spacial score (nSPS) is 16.1. The van der Waals surface area contributed by atoms with E-state index in [1.165, 1.54) is 11.7 Å². The van der Waals surface area contributed by atoms with Crippen molar-refractivity contribution in [2.45, 2.75) is 20.0 Å². The Morgan fingerprint density at radius 2 is 1.93 bits per heavy atom. The lowest BCUT2D eigenvalue weighted by atomic mass is 10.1. The Kier molecular flexibility index (Phi) is 4.81. The molecule has 152 valence electrons. The predicted octanol–water partition coefficient (Wildman–Crippen LogP) is 1.62. The summed E-state index contributed by atoms with van der Waals surface area (Å²) in [6.45, 7) is 2.97. The van der Waals surface area contributed by atoms with E-state index in [2.05, 4.69) is 32.6 Å². The molecule has 1 atom stereocenters. The molecule has 0 saturated heterocycles. The van der Waals surface area contributed by atoms with Crippen molar-refractivity contribution in [2.24, 2.45) is 13.0 Å². The van der Waals surface area contributed by atoms with Crippen LogP contribution in [0.1, 0.15) is 6.92 Å². The van der Waals surface area contributed by atoms with Crippen molar-refractivity contribution in [2.75, 3.05) is 18.6 Å². The highest BCUT2D eigenvalue weighted by atomic mass is 79.9. The summed E-state index contributed by atoms with van der Waals surface area (Å²) in [5.41, 5.74) is 0.395. The fraction of sp³-hybridized carbons (Fsp3) is 0.368. The fourth-order valence-corrected chi connectivity index (χ4v) is 3.94. The van der Waals surface area contributed by atoms with Gasteiger partial charge in [0, 0.05) is 30.3 Å². The first-order valence-corrected chi connectivity index (χ1v) is 9.91. The van der Waals surface area contributed by atoms with Crippen LogP contribution < -0.4 is 16.1 Å². The van der Waals surface area contributed by atoms with Gasteiger partial charge in [-0.15, -0.1) is 0 Å². The molecule has 3 heterocycles. The highest BCUT2D eigenvalue weighted by Gasteiger charge is 2.30. The number of rotatable bonds is 3. The van der Waals surface area contributed by atoms with Crippen LogP contribution in [-0.2, 0) is 29.7 Å². The fourth-order valence-electron chi connectivity index (χ4n) is 3.68. The van der Waals surface area contributed by atoms with Gasteiger partial charge in [-0.05, 0) is 30.2 Å². The number of nitrogens with zero attached hydrogens (tertiary/aromatic N) is 5. The van der Waals surface area contributed by atoms with Gasteiger partial charge in [0.25, 0.3) is 5.56 Å². The van der Waals surface area contributed by atoms with Crippen LogP contribution in [0.5, 0.6) is 0 Å². The maximum absolute atomic E-state index is 13.1. The van der Waals surface area contributed by atoms with Gasteiger partial charge in [-0.3, -0.25) is 14.2 Å². The molecule has 1 aliphatic rings. The number of methoxy groups -OCH3 is 1. The third-order valence-electron chi connectivity index (χ3n) is 5.10. The molecule has 29 heavy (non-hydrogen) atoms. The average molecular weight is 462 g/mol. The van der Waals surface area contributed by atoms with E-state index in [-0.39, 0.29) is 5.92 Å². The minimum Gasteiger partial charge on any atom is -0.468 e. The summed E-state index contributed by atoms with van der Waals surface area (Å²) in [5, 5.41) is 0. The Morgan fingerprint density at radius 3 is 2.59 bits per heavy atom. The molecule has 0 saturated carbocycles. The number of esters is 1. The molecule has 3 aromatic rings. The minimum absolute atomic E-state index is 0.245. The van der Waals surface area contributed by atoms with Gasteiger partial charge in [0.15, 0.2) is 11.2 Å². The van der Waals surface area contributed by atoms with Crippen LogP contribution >= 0.6 is 15.9 Å². The molecule has 0 spiro atoms. The maximum Gasteiger partial charge on any atom is 0.333 e. The Hall–Kier alpha value is -2.88. The van der Waals surface area contributed by atoms with Crippen molar-refractivity contribution in [3.8, 4) is 0 Å². The van der Waals surface area contributed by atoms with Crippen molar-refractivity contribution in [3.05, 3.63) is 49.6 Å². The van der Waals surface area contributed by atoms with Crippen LogP contribution in [0.3, 0.4) is 0 Å². The van der Waals surface area contributed by atoms with Gasteiger partial charge < -0.3 is 14.2 Å². The summed E-state index contributed by atoms with van der Waals surface area (Å²) in [5.74, 6) is 0.185. The molecule has 0 fully saturated rings. The van der Waals surface area contributed by atoms with Crippen LogP contribution in [-0.4, -0.2) is 38.3 Å². The molecular weight excluding hydrogens is 442 g/mol. The number of hydrogen-bond donors (Lipinski definition) is 0. The van der Waals surface area contributed by atoms with Crippen molar-refractivity contribution < 1.29 is 9.53 Å². The van der Waals surface area contributed by atoms with Crippen molar-refractivity contribution in [1.29, 1.82) is 0 Å². The number of ether oxygens (including phenoxy) is 1. The van der Waals surface area contributed by atoms with Gasteiger partial charge in [0.1, 0.15) is 6.54 Å². The summed E-state index contributed by atoms with van der Waals surface area (Å²) >= 11 is 3.44. The first-order valence-electron chi connectivity index (χ1n) is 9.11. The van der Waals surface area contributed by atoms with Crippen molar-refractivity contribution in [3.63, 3.8) is 0 Å². The van der Waals surface area contributed by atoms with Crippen molar-refractivity contribution in [1.82, 2.24) is 18.7 Å². The number of carbonyl (C=O) groups excluding carboxylic acids is 1. The molecular formula is C19H20BrN5O4. The van der Waals surface area contributed by atoms with E-state index in [0.29, 0.717) is 23.7 Å². The number of anilines is 2. The highest BCUT2D eigenvalue weighted by Crippen LogP contribution is 2.33. The molecule has 10 heteroatoms. The third kappa shape index (κ3) is 3.17. The highest BCUT2D eigenvalue weighted by molar-refractivity contribution is 9.10. The Bertz CT molecular complexity index is 1220. The maximum atomic E-state index is 13.1. The van der Waals surface area contributed by atoms with E-state index < -0.39 is 23.8 Å². The number of imidazole rings is 1. The lowest BCUT2D eigenvalue weighted by molar-refractivity contribution is -0.141. The first-order chi connectivity index (χ1) is 13.8. The zero-order valence-electron chi connectivity index (χ0n) is 16.3. The second-order valence-corrected chi connectivity index (χ2v) is 8.11. The minimum atomic E-state index is -0.660. The average Bonchev–Trinajstić information content (AvgIpc) is 3.09. The topological polar surface area (TPSA) is 91.4 Å². The molecule has 4 rings (SSSR count). The van der Waals surface area contributed by atoms with Gasteiger partial charge >= 0.3 is 11.7 Å². The van der Waals surface area contributed by atoms with Gasteiger partial charge in [0.2, 0.25) is 5.95 Å². The summed E-state index contributed by atoms with van der Waals surface area (Å²) in [6, 6.07) is 7.84. The van der Waals surface area contributed by atoms with Crippen LogP contribution in [0.2, 0.25) is 0 Å². The smallest absolute Gasteiger partial charge is 0.333 e. The van der Waals surface area contributed by atoms with Gasteiger partial charge in [-0.1, -0.05) is 22.9 Å². The van der Waals surface area contributed by atoms with E-state index in [1.54, 1.807) is 7.05 Å². The molecule has 1 unspecified atom stereocenters. The van der Waals surface area contributed by atoms with E-state index in [9.17, 15) is 14.4 Å². The van der Waals surface area contributed by atoms with E-state index in [1.807, 2.05) is 33.7 Å². The van der Waals surface area contributed by atoms with Crippen LogP contribution in [0.25, 0.3) is 11.2 Å². The number of halogens is 1. The predicted molar refractivity (Wildman–Crippen MR) is 112 cm³/mol. The summed E-state index contributed by atoms with van der Waals surface area (Å²) < 4.78 is 9.63. The molecule has 0 radical (unpaired) electrons. The van der Waals surface area contributed by atoms with Gasteiger partial charge in [-0.25, -0.2) is 9.36 Å². The Morgan fingerprint density at radius 1 is 1.24 bits per heavy atom. The number of carbonyl (C=O) groups is 1. The summed E-state index contributed by atoms with van der Waals surface area (Å²) in [4.78, 5) is 44.2. The van der Waals surface area contributed by atoms with E-state index in [0.717, 1.165) is 21.3 Å². The SMILES string of the molecule is COC(=O)Cn1c(=O)c2c(nc3n2CC(C)CN3c2ccc(Br)cc2)n(C)c1=O. The molecule has 0 amide bonds. The molecule has 2 aromatic heterocycles. The standard InChI is InChI=1S/C19H20BrN5O4/c1-11-8-23(13-6-4-12(20)5-7-13)18-21-16-15(24(18)9-11)17(27)25(10-14(26)29-3)19(28)22(16)2/h4-7,11H,8-10H2,1-3H3. The third-order valence-corrected chi connectivity index (χ3v) is 5.62. The monoisotopic (exact) mass is 461 g/mol. The lowest BCUT2D eigenvalue weighted by Crippen LogP contribution is -2.42. The zero-order chi connectivity index (χ0) is 20.9. The molecule has 0 N–H and O–H groups in total. The number of aryl methyl sites for hydroxylation is 1.